The Morgan fingerprint density at radius 2 is 2.10 bits per heavy atom. The maximum atomic E-state index is 14.2. The first-order valence-electron chi connectivity index (χ1n) is 7.36. The van der Waals surface area contributed by atoms with E-state index in [1.54, 1.807) is 6.07 Å². The Labute approximate surface area is 126 Å². The molecule has 0 aromatic heterocycles. The monoisotopic (exact) mass is 314 g/mol. The number of halogens is 1. The summed E-state index contributed by atoms with van der Waals surface area (Å²) in [5, 5.41) is 3.28. The molecular weight excluding hydrogens is 291 g/mol. The number of nitrogens with zero attached hydrogens (tertiary/aromatic N) is 1. The topological polar surface area (TPSA) is 49.4 Å². The first kappa shape index (κ1) is 16.4. The maximum absolute atomic E-state index is 14.2. The smallest absolute Gasteiger partial charge is 0.245 e. The highest BCUT2D eigenvalue weighted by Gasteiger charge is 2.27. The fourth-order valence-electron chi connectivity index (χ4n) is 2.06. The Balaban J connectivity index is 2.18. The van der Waals surface area contributed by atoms with Crippen LogP contribution in [-0.4, -0.2) is 31.9 Å². The highest BCUT2D eigenvalue weighted by atomic mass is 32.2. The molecule has 1 saturated carbocycles. The molecule has 2 rings (SSSR count). The van der Waals surface area contributed by atoms with E-state index in [-0.39, 0.29) is 10.9 Å². The van der Waals surface area contributed by atoms with Gasteiger partial charge in [-0.2, -0.15) is 4.31 Å². The number of hydrogen-bond acceptors (Lipinski definition) is 3. The van der Waals surface area contributed by atoms with E-state index in [9.17, 15) is 12.8 Å². The molecule has 6 heteroatoms. The van der Waals surface area contributed by atoms with Crippen LogP contribution in [0.25, 0.3) is 0 Å². The molecule has 1 aromatic rings. The lowest BCUT2D eigenvalue weighted by molar-refractivity contribution is 0.378. The molecule has 1 aliphatic rings. The second-order valence-electron chi connectivity index (χ2n) is 5.70. The molecule has 0 spiro atoms. The normalized spacial score (nSPS) is 17.2. The zero-order chi connectivity index (χ0) is 15.6. The SMILES string of the molecule is CCC(C)N(C)S(=O)(=O)c1ccc(CNC2CC2)cc1F. The molecule has 0 bridgehead atoms. The second-order valence-corrected chi connectivity index (χ2v) is 7.66. The average Bonchev–Trinajstić information content (AvgIpc) is 3.27. The van der Waals surface area contributed by atoms with E-state index in [1.807, 2.05) is 13.8 Å². The van der Waals surface area contributed by atoms with E-state index >= 15 is 0 Å². The summed E-state index contributed by atoms with van der Waals surface area (Å²) in [5.41, 5.74) is 0.768. The molecule has 1 unspecified atom stereocenters. The Kier molecular flexibility index (Phi) is 5.01. The molecule has 0 heterocycles. The molecule has 1 aliphatic carbocycles. The van der Waals surface area contributed by atoms with Crippen LogP contribution in [0.1, 0.15) is 38.7 Å². The largest absolute Gasteiger partial charge is 0.310 e. The quantitative estimate of drug-likeness (QED) is 0.841. The third-order valence-electron chi connectivity index (χ3n) is 4.04. The van der Waals surface area contributed by atoms with Gasteiger partial charge in [0.05, 0.1) is 0 Å². The van der Waals surface area contributed by atoms with E-state index in [0.29, 0.717) is 19.0 Å². The van der Waals surface area contributed by atoms with E-state index in [0.717, 1.165) is 18.4 Å². The lowest BCUT2D eigenvalue weighted by atomic mass is 10.2. The van der Waals surface area contributed by atoms with Crippen molar-refractivity contribution < 1.29 is 12.8 Å². The third-order valence-corrected chi connectivity index (χ3v) is 6.04. The van der Waals surface area contributed by atoms with Gasteiger partial charge in [-0.1, -0.05) is 13.0 Å². The minimum absolute atomic E-state index is 0.161. The molecule has 0 amide bonds. The zero-order valence-corrected chi connectivity index (χ0v) is 13.6. The maximum Gasteiger partial charge on any atom is 0.245 e. The van der Waals surface area contributed by atoms with Crippen LogP contribution in [0.15, 0.2) is 23.1 Å². The van der Waals surface area contributed by atoms with Gasteiger partial charge >= 0.3 is 0 Å². The molecule has 0 aliphatic heterocycles. The summed E-state index contributed by atoms with van der Waals surface area (Å²) in [7, 11) is -2.29. The highest BCUT2D eigenvalue weighted by Crippen LogP contribution is 2.23. The third kappa shape index (κ3) is 3.81. The lowest BCUT2D eigenvalue weighted by Crippen LogP contribution is -2.35. The van der Waals surface area contributed by atoms with Gasteiger partial charge in [0, 0.05) is 25.7 Å². The van der Waals surface area contributed by atoms with Gasteiger partial charge in [0.2, 0.25) is 10.0 Å². The zero-order valence-electron chi connectivity index (χ0n) is 12.8. The molecule has 1 fully saturated rings. The lowest BCUT2D eigenvalue weighted by Gasteiger charge is -2.23. The van der Waals surface area contributed by atoms with E-state index in [4.69, 9.17) is 0 Å². The van der Waals surface area contributed by atoms with Crippen molar-refractivity contribution in [2.45, 2.75) is 56.6 Å². The van der Waals surface area contributed by atoms with Crippen molar-refractivity contribution in [3.63, 3.8) is 0 Å². The molecule has 0 saturated heterocycles. The summed E-state index contributed by atoms with van der Waals surface area (Å²) in [4.78, 5) is -0.250. The summed E-state index contributed by atoms with van der Waals surface area (Å²) >= 11 is 0. The number of rotatable bonds is 7. The second kappa shape index (κ2) is 6.42. The summed E-state index contributed by atoms with van der Waals surface area (Å²) < 4.78 is 40.2. The molecule has 21 heavy (non-hydrogen) atoms. The van der Waals surface area contributed by atoms with Crippen LogP contribution >= 0.6 is 0 Å². The Bertz CT molecular complexity index is 600. The summed E-state index contributed by atoms with van der Waals surface area (Å²) in [6.07, 6.45) is 3.00. The van der Waals surface area contributed by atoms with Gasteiger partial charge in [-0.3, -0.25) is 0 Å². The summed E-state index contributed by atoms with van der Waals surface area (Å²) in [5.74, 6) is -0.680. The fourth-order valence-corrected chi connectivity index (χ4v) is 3.54. The summed E-state index contributed by atoms with van der Waals surface area (Å²) in [6, 6.07) is 4.73. The summed E-state index contributed by atoms with van der Waals surface area (Å²) in [6.45, 7) is 4.28. The molecule has 1 atom stereocenters. The predicted molar refractivity (Wildman–Crippen MR) is 81.0 cm³/mol. The van der Waals surface area contributed by atoms with Crippen LogP contribution < -0.4 is 5.32 Å². The molecule has 118 valence electrons. The van der Waals surface area contributed by atoms with Crippen LogP contribution in [0.5, 0.6) is 0 Å². The fraction of sp³-hybridized carbons (Fsp3) is 0.600. The van der Waals surface area contributed by atoms with Crippen molar-refractivity contribution in [1.82, 2.24) is 9.62 Å². The predicted octanol–water partition coefficient (Wildman–Crippen LogP) is 2.50. The first-order valence-corrected chi connectivity index (χ1v) is 8.80. The minimum atomic E-state index is -3.78. The van der Waals surface area contributed by atoms with Gasteiger partial charge in [-0.05, 0) is 43.9 Å². The van der Waals surface area contributed by atoms with Crippen molar-refractivity contribution in [3.05, 3.63) is 29.6 Å². The van der Waals surface area contributed by atoms with Crippen LogP contribution in [0.3, 0.4) is 0 Å². The van der Waals surface area contributed by atoms with Gasteiger partial charge < -0.3 is 5.32 Å². The van der Waals surface area contributed by atoms with Crippen molar-refractivity contribution in [1.29, 1.82) is 0 Å². The van der Waals surface area contributed by atoms with Gasteiger partial charge in [-0.15, -0.1) is 0 Å². The number of benzene rings is 1. The Morgan fingerprint density at radius 3 is 2.62 bits per heavy atom. The van der Waals surface area contributed by atoms with Crippen molar-refractivity contribution in [2.75, 3.05) is 7.05 Å². The molecule has 4 nitrogen and oxygen atoms in total. The molecule has 0 radical (unpaired) electrons. The van der Waals surface area contributed by atoms with Crippen LogP contribution in [0.4, 0.5) is 4.39 Å². The van der Waals surface area contributed by atoms with Gasteiger partial charge in [-0.25, -0.2) is 12.8 Å². The van der Waals surface area contributed by atoms with Gasteiger partial charge in [0.15, 0.2) is 0 Å². The first-order chi connectivity index (χ1) is 9.86. The Morgan fingerprint density at radius 1 is 1.43 bits per heavy atom. The standard InChI is InChI=1S/C15H23FN2O2S/c1-4-11(2)18(3)21(19,20)15-8-5-12(9-14(15)16)10-17-13-6-7-13/h5,8-9,11,13,17H,4,6-7,10H2,1-3H3. The van der Waals surface area contributed by atoms with Crippen LogP contribution in [-0.2, 0) is 16.6 Å². The molecule has 1 aromatic carbocycles. The number of sulfonamides is 1. The van der Waals surface area contributed by atoms with Crippen LogP contribution in [0.2, 0.25) is 0 Å². The highest BCUT2D eigenvalue weighted by molar-refractivity contribution is 7.89. The van der Waals surface area contributed by atoms with Crippen molar-refractivity contribution in [2.24, 2.45) is 0 Å². The van der Waals surface area contributed by atoms with Gasteiger partial charge in [0.25, 0.3) is 0 Å². The number of hydrogen-bond donors (Lipinski definition) is 1. The molecular formula is C15H23FN2O2S. The van der Waals surface area contributed by atoms with Crippen LogP contribution in [0, 0.1) is 5.82 Å². The van der Waals surface area contributed by atoms with Crippen molar-refractivity contribution in [3.8, 4) is 0 Å². The Hall–Kier alpha value is -0.980. The average molecular weight is 314 g/mol. The van der Waals surface area contributed by atoms with E-state index in [2.05, 4.69) is 5.32 Å². The van der Waals surface area contributed by atoms with E-state index < -0.39 is 15.8 Å². The van der Waals surface area contributed by atoms with E-state index in [1.165, 1.54) is 23.5 Å². The minimum Gasteiger partial charge on any atom is -0.310 e. The number of nitrogens with one attached hydrogen (secondary N) is 1. The van der Waals surface area contributed by atoms with Gasteiger partial charge in [0.1, 0.15) is 10.7 Å². The van der Waals surface area contributed by atoms with Crippen molar-refractivity contribution >= 4 is 10.0 Å². The molecule has 1 N–H and O–H groups in total.